The number of hydrogen-bond donors (Lipinski definition) is 2. The third kappa shape index (κ3) is 2.35. The molecule has 2 aromatic rings. The molecular weight excluding hydrogens is 290 g/mol. The van der Waals surface area contributed by atoms with Crippen molar-refractivity contribution >= 4 is 15.9 Å². The second-order valence-corrected chi connectivity index (χ2v) is 5.62. The molecule has 1 aliphatic rings. The van der Waals surface area contributed by atoms with E-state index in [-0.39, 0.29) is 0 Å². The van der Waals surface area contributed by atoms with E-state index in [1.807, 2.05) is 12.4 Å². The van der Waals surface area contributed by atoms with Crippen LogP contribution in [0.5, 0.6) is 0 Å². The van der Waals surface area contributed by atoms with Gasteiger partial charge in [-0.1, -0.05) is 28.1 Å². The minimum Gasteiger partial charge on any atom is -0.348 e. The molecule has 2 N–H and O–H groups in total. The van der Waals surface area contributed by atoms with Crippen molar-refractivity contribution in [1.82, 2.24) is 15.3 Å². The number of aromatic nitrogens is 2. The van der Waals surface area contributed by atoms with Gasteiger partial charge < -0.3 is 10.3 Å². The maximum Gasteiger partial charge on any atom is 0.0929 e. The number of benzene rings is 1. The van der Waals surface area contributed by atoms with Crippen molar-refractivity contribution in [1.29, 1.82) is 0 Å². The Morgan fingerprint density at radius 2 is 2.06 bits per heavy atom. The van der Waals surface area contributed by atoms with Gasteiger partial charge in [0, 0.05) is 21.6 Å². The van der Waals surface area contributed by atoms with Crippen LogP contribution < -0.4 is 5.32 Å². The van der Waals surface area contributed by atoms with Crippen LogP contribution in [0, 0.1) is 0 Å². The van der Waals surface area contributed by atoms with Crippen LogP contribution in [0.1, 0.15) is 24.5 Å². The monoisotopic (exact) mass is 305 g/mol. The van der Waals surface area contributed by atoms with Gasteiger partial charge >= 0.3 is 0 Å². The van der Waals surface area contributed by atoms with Crippen LogP contribution in [0.4, 0.5) is 0 Å². The first-order valence-corrected chi connectivity index (χ1v) is 7.14. The maximum absolute atomic E-state index is 4.51. The Balaban J connectivity index is 1.95. The molecule has 0 atom stereocenters. The molecule has 94 valence electrons. The normalized spacial score (nSPS) is 16.9. The predicted octanol–water partition coefficient (Wildman–Crippen LogP) is 3.31. The summed E-state index contributed by atoms with van der Waals surface area (Å²) in [5.41, 5.74) is 3.57. The third-order valence-electron chi connectivity index (χ3n) is 3.51. The number of rotatable bonds is 2. The van der Waals surface area contributed by atoms with Crippen molar-refractivity contribution in [3.63, 3.8) is 0 Å². The number of imidazole rings is 1. The number of aromatic amines is 1. The molecular formula is C14H16BrN3. The molecule has 0 radical (unpaired) electrons. The first-order chi connectivity index (χ1) is 8.84. The predicted molar refractivity (Wildman–Crippen MR) is 76.6 cm³/mol. The summed E-state index contributed by atoms with van der Waals surface area (Å²) < 4.78 is 1.10. The summed E-state index contributed by atoms with van der Waals surface area (Å²) in [6.45, 7) is 2.20. The first-order valence-electron chi connectivity index (χ1n) is 6.34. The van der Waals surface area contributed by atoms with Crippen LogP contribution in [0.25, 0.3) is 11.3 Å². The largest absolute Gasteiger partial charge is 0.348 e. The summed E-state index contributed by atoms with van der Waals surface area (Å²) in [6, 6.07) is 8.34. The van der Waals surface area contributed by atoms with E-state index in [1.54, 1.807) is 0 Å². The van der Waals surface area contributed by atoms with Crippen LogP contribution >= 0.6 is 15.9 Å². The molecule has 3 nitrogen and oxygen atoms in total. The topological polar surface area (TPSA) is 40.7 Å². The average Bonchev–Trinajstić information content (AvgIpc) is 2.89. The Labute approximate surface area is 115 Å². The summed E-state index contributed by atoms with van der Waals surface area (Å²) in [4.78, 5) is 7.85. The lowest BCUT2D eigenvalue weighted by molar-refractivity contribution is 0.455. The molecule has 4 heteroatoms. The fourth-order valence-electron chi connectivity index (χ4n) is 2.59. The second kappa shape index (κ2) is 5.24. The van der Waals surface area contributed by atoms with Gasteiger partial charge in [-0.2, -0.15) is 0 Å². The molecule has 1 aromatic heterocycles. The fourth-order valence-corrected chi connectivity index (χ4v) is 2.99. The number of hydrogen-bond acceptors (Lipinski definition) is 2. The molecule has 0 saturated carbocycles. The van der Waals surface area contributed by atoms with Crippen molar-refractivity contribution in [2.24, 2.45) is 0 Å². The summed E-state index contributed by atoms with van der Waals surface area (Å²) in [5, 5.41) is 3.40. The molecule has 0 unspecified atom stereocenters. The van der Waals surface area contributed by atoms with Crippen LogP contribution in [-0.4, -0.2) is 23.1 Å². The van der Waals surface area contributed by atoms with Crippen LogP contribution in [0.2, 0.25) is 0 Å². The number of nitrogens with one attached hydrogen (secondary N) is 2. The molecule has 1 aromatic carbocycles. The average molecular weight is 306 g/mol. The number of nitrogens with zero attached hydrogens (tertiary/aromatic N) is 1. The SMILES string of the molecule is Brc1cccc(-c2nc[nH]c2C2CCNCC2)c1. The molecule has 2 heterocycles. The van der Waals surface area contributed by atoms with Crippen LogP contribution in [0.3, 0.4) is 0 Å². The molecule has 1 aliphatic heterocycles. The van der Waals surface area contributed by atoms with Gasteiger partial charge in [-0.25, -0.2) is 4.98 Å². The summed E-state index contributed by atoms with van der Waals surface area (Å²) >= 11 is 3.52. The highest BCUT2D eigenvalue weighted by Crippen LogP contribution is 2.32. The first kappa shape index (κ1) is 11.9. The molecule has 0 spiro atoms. The van der Waals surface area contributed by atoms with E-state index >= 15 is 0 Å². The van der Waals surface area contributed by atoms with E-state index in [0.717, 1.165) is 23.3 Å². The zero-order valence-electron chi connectivity index (χ0n) is 10.1. The number of piperidine rings is 1. The zero-order valence-corrected chi connectivity index (χ0v) is 11.7. The van der Waals surface area contributed by atoms with Crippen molar-refractivity contribution in [2.45, 2.75) is 18.8 Å². The molecule has 0 amide bonds. The molecule has 18 heavy (non-hydrogen) atoms. The summed E-state index contributed by atoms with van der Waals surface area (Å²) in [7, 11) is 0. The molecule has 0 bridgehead atoms. The van der Waals surface area contributed by atoms with Gasteiger partial charge in [0.1, 0.15) is 0 Å². The van der Waals surface area contributed by atoms with E-state index < -0.39 is 0 Å². The van der Waals surface area contributed by atoms with Gasteiger partial charge in [-0.3, -0.25) is 0 Å². The lowest BCUT2D eigenvalue weighted by Crippen LogP contribution is -2.27. The van der Waals surface area contributed by atoms with E-state index in [1.165, 1.54) is 24.1 Å². The molecule has 1 fully saturated rings. The van der Waals surface area contributed by atoms with Crippen molar-refractivity contribution in [3.8, 4) is 11.3 Å². The lowest BCUT2D eigenvalue weighted by atomic mass is 9.92. The van der Waals surface area contributed by atoms with Crippen LogP contribution in [0.15, 0.2) is 35.1 Å². The van der Waals surface area contributed by atoms with E-state index in [4.69, 9.17) is 0 Å². The van der Waals surface area contributed by atoms with E-state index in [2.05, 4.69) is 49.4 Å². The van der Waals surface area contributed by atoms with Crippen molar-refractivity contribution in [2.75, 3.05) is 13.1 Å². The molecule has 0 aliphatic carbocycles. The molecule has 1 saturated heterocycles. The summed E-state index contributed by atoms with van der Waals surface area (Å²) in [5.74, 6) is 0.600. The smallest absolute Gasteiger partial charge is 0.0929 e. The van der Waals surface area contributed by atoms with Gasteiger partial charge in [-0.15, -0.1) is 0 Å². The Kier molecular flexibility index (Phi) is 3.48. The van der Waals surface area contributed by atoms with Gasteiger partial charge in [0.2, 0.25) is 0 Å². The van der Waals surface area contributed by atoms with Crippen molar-refractivity contribution in [3.05, 3.63) is 40.8 Å². The highest BCUT2D eigenvalue weighted by Gasteiger charge is 2.20. The lowest BCUT2D eigenvalue weighted by Gasteiger charge is -2.22. The summed E-state index contributed by atoms with van der Waals surface area (Å²) in [6.07, 6.45) is 4.18. The third-order valence-corrected chi connectivity index (χ3v) is 4.01. The highest BCUT2D eigenvalue weighted by atomic mass is 79.9. The second-order valence-electron chi connectivity index (χ2n) is 4.70. The number of halogens is 1. The minimum absolute atomic E-state index is 0.600. The number of H-pyrrole nitrogens is 1. The maximum atomic E-state index is 4.51. The van der Waals surface area contributed by atoms with Crippen molar-refractivity contribution < 1.29 is 0 Å². The quantitative estimate of drug-likeness (QED) is 0.894. The Hall–Kier alpha value is -1.13. The fraction of sp³-hybridized carbons (Fsp3) is 0.357. The van der Waals surface area contributed by atoms with E-state index in [0.29, 0.717) is 5.92 Å². The van der Waals surface area contributed by atoms with Gasteiger partial charge in [0.25, 0.3) is 0 Å². The highest BCUT2D eigenvalue weighted by molar-refractivity contribution is 9.10. The van der Waals surface area contributed by atoms with Gasteiger partial charge in [0.15, 0.2) is 0 Å². The Bertz CT molecular complexity index is 529. The zero-order chi connectivity index (χ0) is 12.4. The van der Waals surface area contributed by atoms with E-state index in [9.17, 15) is 0 Å². The van der Waals surface area contributed by atoms with Crippen LogP contribution in [-0.2, 0) is 0 Å². The minimum atomic E-state index is 0.600. The Morgan fingerprint density at radius 1 is 1.22 bits per heavy atom. The van der Waals surface area contributed by atoms with Gasteiger partial charge in [-0.05, 0) is 38.1 Å². The van der Waals surface area contributed by atoms with Gasteiger partial charge in [0.05, 0.1) is 12.0 Å². The standard InChI is InChI=1S/C14H16BrN3/c15-12-3-1-2-11(8-12)14-13(17-9-18-14)10-4-6-16-7-5-10/h1-3,8-10,16H,4-7H2,(H,17,18). The Morgan fingerprint density at radius 3 is 2.83 bits per heavy atom. The molecule has 3 rings (SSSR count).